The summed E-state index contributed by atoms with van der Waals surface area (Å²) in [5, 5.41) is 11.9. The minimum Gasteiger partial charge on any atom is -0.486 e. The van der Waals surface area contributed by atoms with E-state index in [1.165, 1.54) is 23.9 Å². The molecule has 8 heteroatoms. The Morgan fingerprint density at radius 1 is 1.14 bits per heavy atom. The van der Waals surface area contributed by atoms with E-state index in [9.17, 15) is 9.18 Å². The minimum atomic E-state index is -0.312. The molecule has 3 rings (SSSR count). The van der Waals surface area contributed by atoms with Gasteiger partial charge < -0.3 is 14.6 Å². The first-order valence-corrected chi connectivity index (χ1v) is 9.88. The molecule has 0 radical (unpaired) electrons. The van der Waals surface area contributed by atoms with Crippen molar-refractivity contribution < 1.29 is 13.9 Å². The molecule has 1 N–H and O–H groups in total. The van der Waals surface area contributed by atoms with E-state index in [1.807, 2.05) is 41.8 Å². The standard InChI is InChI=1S/C20H21FN4O2S/c1-2-25-18(13-27-17-10-8-16(21)9-11-17)23-24-20(25)28-14-19(26)22-12-15-6-4-3-5-7-15/h3-11H,2,12-14H2,1H3,(H,22,26). The number of aromatic nitrogens is 3. The molecule has 146 valence electrons. The maximum atomic E-state index is 13.0. The smallest absolute Gasteiger partial charge is 0.230 e. The van der Waals surface area contributed by atoms with E-state index < -0.39 is 0 Å². The molecule has 1 heterocycles. The number of nitrogens with zero attached hydrogens (tertiary/aromatic N) is 3. The number of nitrogens with one attached hydrogen (secondary N) is 1. The lowest BCUT2D eigenvalue weighted by Gasteiger charge is -2.09. The van der Waals surface area contributed by atoms with Gasteiger partial charge >= 0.3 is 0 Å². The van der Waals surface area contributed by atoms with Gasteiger partial charge in [-0.15, -0.1) is 10.2 Å². The number of amides is 1. The molecule has 0 fully saturated rings. The Morgan fingerprint density at radius 2 is 1.89 bits per heavy atom. The lowest BCUT2D eigenvalue weighted by Crippen LogP contribution is -2.24. The second kappa shape index (κ2) is 9.89. The molecule has 0 saturated heterocycles. The fourth-order valence-corrected chi connectivity index (χ4v) is 3.36. The molecule has 0 spiro atoms. The van der Waals surface area contributed by atoms with Crippen LogP contribution >= 0.6 is 11.8 Å². The molecule has 0 saturated carbocycles. The highest BCUT2D eigenvalue weighted by molar-refractivity contribution is 7.99. The summed E-state index contributed by atoms with van der Waals surface area (Å²) in [6.45, 7) is 3.35. The average molecular weight is 400 g/mol. The summed E-state index contributed by atoms with van der Waals surface area (Å²) in [6, 6.07) is 15.6. The van der Waals surface area contributed by atoms with Gasteiger partial charge in [-0.3, -0.25) is 4.79 Å². The van der Waals surface area contributed by atoms with Crippen LogP contribution in [0.1, 0.15) is 18.3 Å². The summed E-state index contributed by atoms with van der Waals surface area (Å²) in [7, 11) is 0. The Bertz CT molecular complexity index is 900. The number of hydrogen-bond acceptors (Lipinski definition) is 5. The van der Waals surface area contributed by atoms with Crippen molar-refractivity contribution in [3.8, 4) is 5.75 Å². The van der Waals surface area contributed by atoms with E-state index in [2.05, 4.69) is 15.5 Å². The summed E-state index contributed by atoms with van der Waals surface area (Å²) in [4.78, 5) is 12.1. The maximum absolute atomic E-state index is 13.0. The highest BCUT2D eigenvalue weighted by Gasteiger charge is 2.13. The second-order valence-corrected chi connectivity index (χ2v) is 6.88. The van der Waals surface area contributed by atoms with Gasteiger partial charge in [-0.1, -0.05) is 42.1 Å². The van der Waals surface area contributed by atoms with Crippen LogP contribution in [0.3, 0.4) is 0 Å². The summed E-state index contributed by atoms with van der Waals surface area (Å²) >= 11 is 1.33. The first-order valence-electron chi connectivity index (χ1n) is 8.89. The number of ether oxygens (including phenoxy) is 1. The van der Waals surface area contributed by atoms with Crippen LogP contribution in [0.5, 0.6) is 5.75 Å². The molecule has 6 nitrogen and oxygen atoms in total. The first-order chi connectivity index (χ1) is 13.7. The number of carbonyl (C=O) groups is 1. The second-order valence-electron chi connectivity index (χ2n) is 5.94. The Kier molecular flexibility index (Phi) is 7.02. The van der Waals surface area contributed by atoms with Crippen molar-refractivity contribution in [1.82, 2.24) is 20.1 Å². The fourth-order valence-electron chi connectivity index (χ4n) is 2.51. The quantitative estimate of drug-likeness (QED) is 0.558. The fraction of sp³-hybridized carbons (Fsp3) is 0.250. The van der Waals surface area contributed by atoms with Crippen LogP contribution < -0.4 is 10.1 Å². The molecule has 0 aliphatic carbocycles. The van der Waals surface area contributed by atoms with Crippen molar-refractivity contribution in [2.45, 2.75) is 31.8 Å². The number of carbonyl (C=O) groups excluding carboxylic acids is 1. The lowest BCUT2D eigenvalue weighted by atomic mass is 10.2. The summed E-state index contributed by atoms with van der Waals surface area (Å²) < 4.78 is 20.5. The molecule has 2 aromatic carbocycles. The number of hydrogen-bond donors (Lipinski definition) is 1. The third kappa shape index (κ3) is 5.56. The zero-order chi connectivity index (χ0) is 19.8. The van der Waals surface area contributed by atoms with Gasteiger partial charge in [0.05, 0.1) is 5.75 Å². The SMILES string of the molecule is CCn1c(COc2ccc(F)cc2)nnc1SCC(=O)NCc1ccccc1. The van der Waals surface area contributed by atoms with Gasteiger partial charge in [0.1, 0.15) is 18.2 Å². The predicted molar refractivity (Wildman–Crippen MR) is 105 cm³/mol. The monoisotopic (exact) mass is 400 g/mol. The molecular weight excluding hydrogens is 379 g/mol. The van der Waals surface area contributed by atoms with Gasteiger partial charge in [0, 0.05) is 13.1 Å². The number of rotatable bonds is 9. The molecule has 0 bridgehead atoms. The molecule has 0 aliphatic heterocycles. The van der Waals surface area contributed by atoms with Crippen molar-refractivity contribution in [3.05, 3.63) is 71.8 Å². The van der Waals surface area contributed by atoms with Gasteiger partial charge in [0.2, 0.25) is 5.91 Å². The van der Waals surface area contributed by atoms with Gasteiger partial charge in [-0.05, 0) is 36.8 Å². The molecule has 0 unspecified atom stereocenters. The molecule has 0 atom stereocenters. The normalized spacial score (nSPS) is 10.6. The van der Waals surface area contributed by atoms with Crippen LogP contribution in [0.15, 0.2) is 59.8 Å². The molecule has 1 aromatic heterocycles. The maximum Gasteiger partial charge on any atom is 0.230 e. The van der Waals surface area contributed by atoms with Crippen LogP contribution in [-0.2, 0) is 24.5 Å². The Labute approximate surface area is 167 Å². The lowest BCUT2D eigenvalue weighted by molar-refractivity contribution is -0.118. The van der Waals surface area contributed by atoms with E-state index in [0.29, 0.717) is 29.8 Å². The first kappa shape index (κ1) is 19.9. The van der Waals surface area contributed by atoms with Crippen LogP contribution in [0.2, 0.25) is 0 Å². The summed E-state index contributed by atoms with van der Waals surface area (Å²) in [5.41, 5.74) is 1.05. The van der Waals surface area contributed by atoms with Gasteiger partial charge in [-0.2, -0.15) is 0 Å². The minimum absolute atomic E-state index is 0.0661. The topological polar surface area (TPSA) is 69.0 Å². The van der Waals surface area contributed by atoms with Gasteiger partial charge in [0.25, 0.3) is 0 Å². The Hall–Kier alpha value is -2.87. The van der Waals surface area contributed by atoms with Crippen molar-refractivity contribution in [1.29, 1.82) is 0 Å². The highest BCUT2D eigenvalue weighted by Crippen LogP contribution is 2.18. The van der Waals surface area contributed by atoms with E-state index in [0.717, 1.165) is 5.56 Å². The molecular formula is C20H21FN4O2S. The average Bonchev–Trinajstić information content (AvgIpc) is 3.13. The third-order valence-electron chi connectivity index (χ3n) is 3.96. The molecule has 1 amide bonds. The largest absolute Gasteiger partial charge is 0.486 e. The van der Waals surface area contributed by atoms with Crippen molar-refractivity contribution >= 4 is 17.7 Å². The number of benzene rings is 2. The van der Waals surface area contributed by atoms with Crippen LogP contribution in [0, 0.1) is 5.82 Å². The Morgan fingerprint density at radius 3 is 2.61 bits per heavy atom. The van der Waals surface area contributed by atoms with Crippen molar-refractivity contribution in [2.75, 3.05) is 5.75 Å². The van der Waals surface area contributed by atoms with Crippen molar-refractivity contribution in [3.63, 3.8) is 0 Å². The zero-order valence-corrected chi connectivity index (χ0v) is 16.3. The molecule has 3 aromatic rings. The van der Waals surface area contributed by atoms with E-state index in [-0.39, 0.29) is 24.1 Å². The van der Waals surface area contributed by atoms with Crippen LogP contribution in [0.25, 0.3) is 0 Å². The Balaban J connectivity index is 1.51. The number of halogens is 1. The van der Waals surface area contributed by atoms with E-state index in [1.54, 1.807) is 12.1 Å². The highest BCUT2D eigenvalue weighted by atomic mass is 32.2. The third-order valence-corrected chi connectivity index (χ3v) is 4.92. The predicted octanol–water partition coefficient (Wildman–Crippen LogP) is 3.42. The zero-order valence-electron chi connectivity index (χ0n) is 15.5. The van der Waals surface area contributed by atoms with Gasteiger partial charge in [0.15, 0.2) is 11.0 Å². The summed E-state index contributed by atoms with van der Waals surface area (Å²) in [6.07, 6.45) is 0. The van der Waals surface area contributed by atoms with Crippen LogP contribution in [0.4, 0.5) is 4.39 Å². The summed E-state index contributed by atoms with van der Waals surface area (Å²) in [5.74, 6) is 1.08. The van der Waals surface area contributed by atoms with Crippen molar-refractivity contribution in [2.24, 2.45) is 0 Å². The van der Waals surface area contributed by atoms with Gasteiger partial charge in [-0.25, -0.2) is 4.39 Å². The van der Waals surface area contributed by atoms with E-state index >= 15 is 0 Å². The van der Waals surface area contributed by atoms with E-state index in [4.69, 9.17) is 4.74 Å². The molecule has 28 heavy (non-hydrogen) atoms. The van der Waals surface area contributed by atoms with Crippen LogP contribution in [-0.4, -0.2) is 26.4 Å². The molecule has 0 aliphatic rings. The number of thioether (sulfide) groups is 1.